The van der Waals surface area contributed by atoms with E-state index in [1.807, 2.05) is 0 Å². The number of halogens is 3. The van der Waals surface area contributed by atoms with Crippen molar-refractivity contribution in [2.75, 3.05) is 5.32 Å². The number of anilines is 1. The van der Waals surface area contributed by atoms with E-state index in [2.05, 4.69) is 31.2 Å². The van der Waals surface area contributed by atoms with Crippen LogP contribution >= 0.6 is 39.1 Å². The molecule has 8 heteroatoms. The van der Waals surface area contributed by atoms with Gasteiger partial charge in [0.25, 0.3) is 11.5 Å². The van der Waals surface area contributed by atoms with E-state index in [1.165, 1.54) is 24.4 Å². The van der Waals surface area contributed by atoms with Crippen LogP contribution in [0.3, 0.4) is 0 Å². The summed E-state index contributed by atoms with van der Waals surface area (Å²) in [5.74, 6) is -0.544. The van der Waals surface area contributed by atoms with Crippen molar-refractivity contribution in [3.8, 4) is 0 Å². The number of hydrogen-bond donors (Lipinski definition) is 2. The Hall–Kier alpha value is -1.37. The third-order valence-electron chi connectivity index (χ3n) is 2.18. The molecule has 98 valence electrons. The van der Waals surface area contributed by atoms with Crippen LogP contribution in [0.5, 0.6) is 0 Å². The second-order valence-electron chi connectivity index (χ2n) is 3.49. The van der Waals surface area contributed by atoms with Gasteiger partial charge in [-0.2, -0.15) is 0 Å². The van der Waals surface area contributed by atoms with E-state index in [9.17, 15) is 9.59 Å². The van der Waals surface area contributed by atoms with E-state index in [0.29, 0.717) is 4.47 Å². The van der Waals surface area contributed by atoms with Crippen molar-refractivity contribution in [2.45, 2.75) is 0 Å². The van der Waals surface area contributed by atoms with Gasteiger partial charge in [-0.1, -0.05) is 23.2 Å². The van der Waals surface area contributed by atoms with Crippen LogP contribution in [0, 0.1) is 0 Å². The lowest BCUT2D eigenvalue weighted by Crippen LogP contribution is -2.20. The zero-order valence-corrected chi connectivity index (χ0v) is 12.3. The molecule has 0 saturated carbocycles. The van der Waals surface area contributed by atoms with Crippen molar-refractivity contribution in [3.05, 3.63) is 55.1 Å². The van der Waals surface area contributed by atoms with Crippen LogP contribution in [0.1, 0.15) is 10.4 Å². The fourth-order valence-corrected chi connectivity index (χ4v) is 2.10. The van der Waals surface area contributed by atoms with E-state index < -0.39 is 11.5 Å². The number of H-pyrrole nitrogens is 1. The Bertz CT molecular complexity index is 703. The maximum absolute atomic E-state index is 12.0. The van der Waals surface area contributed by atoms with Crippen molar-refractivity contribution in [1.82, 2.24) is 9.97 Å². The Balaban J connectivity index is 2.31. The summed E-state index contributed by atoms with van der Waals surface area (Å²) >= 11 is 14.6. The zero-order valence-electron chi connectivity index (χ0n) is 9.21. The Morgan fingerprint density at radius 2 is 2.11 bits per heavy atom. The maximum Gasteiger partial charge on any atom is 0.271 e. The second kappa shape index (κ2) is 5.73. The largest absolute Gasteiger partial charge is 0.326 e. The molecule has 2 aromatic rings. The summed E-state index contributed by atoms with van der Waals surface area (Å²) in [4.78, 5) is 29.7. The number of hydrogen-bond acceptors (Lipinski definition) is 3. The highest BCUT2D eigenvalue weighted by Crippen LogP contribution is 2.18. The lowest BCUT2D eigenvalue weighted by molar-refractivity contribution is 0.102. The highest BCUT2D eigenvalue weighted by atomic mass is 79.9. The van der Waals surface area contributed by atoms with Gasteiger partial charge >= 0.3 is 0 Å². The first-order valence-corrected chi connectivity index (χ1v) is 6.54. The number of pyridine rings is 2. The van der Waals surface area contributed by atoms with Gasteiger partial charge in [0.1, 0.15) is 16.0 Å². The smallest absolute Gasteiger partial charge is 0.271 e. The molecular weight excluding hydrogens is 357 g/mol. The van der Waals surface area contributed by atoms with E-state index in [1.54, 1.807) is 0 Å². The van der Waals surface area contributed by atoms with Crippen LogP contribution in [-0.2, 0) is 0 Å². The Labute approximate surface area is 126 Å². The second-order valence-corrected chi connectivity index (χ2v) is 5.15. The average molecular weight is 363 g/mol. The van der Waals surface area contributed by atoms with Crippen molar-refractivity contribution in [2.24, 2.45) is 0 Å². The number of carbonyl (C=O) groups is 1. The molecular formula is C11H6BrCl2N3O2. The summed E-state index contributed by atoms with van der Waals surface area (Å²) in [6, 6.07) is 4.35. The van der Waals surface area contributed by atoms with Crippen LogP contribution in [0.4, 0.5) is 5.69 Å². The van der Waals surface area contributed by atoms with Crippen LogP contribution in [0.15, 0.2) is 33.7 Å². The third-order valence-corrected chi connectivity index (χ3v) is 3.13. The minimum absolute atomic E-state index is 0.0311. The molecule has 0 atom stereocenters. The lowest BCUT2D eigenvalue weighted by Gasteiger charge is -2.06. The van der Waals surface area contributed by atoms with Gasteiger partial charge < -0.3 is 10.3 Å². The van der Waals surface area contributed by atoms with E-state index >= 15 is 0 Å². The molecule has 0 unspecified atom stereocenters. The normalized spacial score (nSPS) is 10.3. The number of rotatable bonds is 2. The van der Waals surface area contributed by atoms with Crippen molar-refractivity contribution < 1.29 is 4.79 Å². The van der Waals surface area contributed by atoms with Crippen LogP contribution in [0.2, 0.25) is 10.3 Å². The first-order chi connectivity index (χ1) is 8.97. The Kier molecular flexibility index (Phi) is 4.24. The fraction of sp³-hybridized carbons (Fsp3) is 0. The average Bonchev–Trinajstić information content (AvgIpc) is 2.33. The van der Waals surface area contributed by atoms with Crippen LogP contribution < -0.4 is 10.9 Å². The number of amides is 1. The maximum atomic E-state index is 12.0. The van der Waals surface area contributed by atoms with Crippen molar-refractivity contribution in [3.63, 3.8) is 0 Å². The summed E-state index contributed by atoms with van der Waals surface area (Å²) in [5, 5.41) is 2.60. The molecule has 5 nitrogen and oxygen atoms in total. The first kappa shape index (κ1) is 14.0. The molecule has 0 spiro atoms. The van der Waals surface area contributed by atoms with Gasteiger partial charge in [0, 0.05) is 10.7 Å². The molecule has 2 N–H and O–H groups in total. The summed E-state index contributed by atoms with van der Waals surface area (Å²) < 4.78 is 0.628. The number of nitrogens with one attached hydrogen (secondary N) is 2. The molecule has 0 radical (unpaired) electrons. The number of aromatic amines is 1. The number of aromatic nitrogens is 2. The van der Waals surface area contributed by atoms with Crippen LogP contribution in [-0.4, -0.2) is 15.9 Å². The fourth-order valence-electron chi connectivity index (χ4n) is 1.32. The van der Waals surface area contributed by atoms with E-state index in [4.69, 9.17) is 23.2 Å². The summed E-state index contributed by atoms with van der Waals surface area (Å²) in [5.41, 5.74) is -0.189. The summed E-state index contributed by atoms with van der Waals surface area (Å²) in [6.45, 7) is 0. The zero-order chi connectivity index (χ0) is 14.0. The molecule has 0 fully saturated rings. The molecule has 2 heterocycles. The molecule has 0 bridgehead atoms. The first-order valence-electron chi connectivity index (χ1n) is 4.99. The lowest BCUT2D eigenvalue weighted by atomic mass is 10.2. The highest BCUT2D eigenvalue weighted by Gasteiger charge is 2.13. The van der Waals surface area contributed by atoms with Gasteiger partial charge in [-0.25, -0.2) is 4.98 Å². The molecule has 2 aromatic heterocycles. The predicted octanol–water partition coefficient (Wildman–Crippen LogP) is 3.09. The Morgan fingerprint density at radius 3 is 2.79 bits per heavy atom. The predicted molar refractivity (Wildman–Crippen MR) is 77.0 cm³/mol. The van der Waals surface area contributed by atoms with Crippen LogP contribution in [0.25, 0.3) is 0 Å². The number of nitrogens with zero attached hydrogens (tertiary/aromatic N) is 1. The third kappa shape index (κ3) is 3.34. The van der Waals surface area contributed by atoms with Gasteiger partial charge in [-0.15, -0.1) is 0 Å². The molecule has 0 aliphatic rings. The molecule has 0 aromatic carbocycles. The summed E-state index contributed by atoms with van der Waals surface area (Å²) in [7, 11) is 0. The highest BCUT2D eigenvalue weighted by molar-refractivity contribution is 9.10. The Morgan fingerprint density at radius 1 is 1.37 bits per heavy atom. The summed E-state index contributed by atoms with van der Waals surface area (Å²) in [6.07, 6.45) is 1.47. The van der Waals surface area contributed by atoms with Crippen molar-refractivity contribution in [1.29, 1.82) is 0 Å². The molecule has 0 aliphatic carbocycles. The van der Waals surface area contributed by atoms with Gasteiger partial charge in [0.15, 0.2) is 0 Å². The molecule has 0 saturated heterocycles. The molecule has 19 heavy (non-hydrogen) atoms. The standard InChI is InChI=1S/C11H6BrCl2N3O2/c12-5-3-7(11(19)15-4-5)16-10(18)6-1-2-8(13)17-9(6)14/h1-4H,(H,15,19)(H,16,18). The quantitative estimate of drug-likeness (QED) is 0.806. The molecule has 1 amide bonds. The molecule has 2 rings (SSSR count). The number of carbonyl (C=O) groups excluding carboxylic acids is 1. The minimum Gasteiger partial charge on any atom is -0.326 e. The van der Waals surface area contributed by atoms with E-state index in [0.717, 1.165) is 0 Å². The topological polar surface area (TPSA) is 74.8 Å². The van der Waals surface area contributed by atoms with Gasteiger partial charge in [0.2, 0.25) is 0 Å². The SMILES string of the molecule is O=C(Nc1cc(Br)c[nH]c1=O)c1ccc(Cl)nc1Cl. The van der Waals surface area contributed by atoms with Gasteiger partial charge in [-0.05, 0) is 34.1 Å². The monoisotopic (exact) mass is 361 g/mol. The molecule has 0 aliphatic heterocycles. The van der Waals surface area contributed by atoms with Gasteiger partial charge in [-0.3, -0.25) is 9.59 Å². The van der Waals surface area contributed by atoms with Gasteiger partial charge in [0.05, 0.1) is 5.56 Å². The van der Waals surface area contributed by atoms with Crippen molar-refractivity contribution >= 4 is 50.7 Å². The minimum atomic E-state index is -0.544. The van der Waals surface area contributed by atoms with E-state index in [-0.39, 0.29) is 21.6 Å².